The van der Waals surface area contributed by atoms with E-state index in [1.165, 1.54) is 16.8 Å². The first-order chi connectivity index (χ1) is 8.22. The Bertz CT molecular complexity index is 469. The summed E-state index contributed by atoms with van der Waals surface area (Å²) in [6.45, 7) is 5.12. The van der Waals surface area contributed by atoms with Crippen molar-refractivity contribution in [3.8, 4) is 0 Å². The summed E-state index contributed by atoms with van der Waals surface area (Å²) >= 11 is 0. The molecule has 3 nitrogen and oxygen atoms in total. The number of hydrogen-bond donors (Lipinski definition) is 1. The number of piperazine rings is 1. The first-order valence-electron chi connectivity index (χ1n) is 6.39. The number of amides is 1. The van der Waals surface area contributed by atoms with Crippen LogP contribution in [-0.4, -0.2) is 24.5 Å². The van der Waals surface area contributed by atoms with Crippen LogP contribution >= 0.6 is 0 Å². The van der Waals surface area contributed by atoms with E-state index in [-0.39, 0.29) is 11.9 Å². The summed E-state index contributed by atoms with van der Waals surface area (Å²) < 4.78 is 0. The highest BCUT2D eigenvalue weighted by molar-refractivity contribution is 5.90. The molecule has 1 aromatic carbocycles. The van der Waals surface area contributed by atoms with Gasteiger partial charge < -0.3 is 10.2 Å². The average molecular weight is 230 g/mol. The van der Waals surface area contributed by atoms with Crippen LogP contribution in [0.5, 0.6) is 0 Å². The monoisotopic (exact) mass is 230 g/mol. The molecule has 3 heteroatoms. The number of para-hydroxylation sites is 1. The highest BCUT2D eigenvalue weighted by atomic mass is 16.2. The van der Waals surface area contributed by atoms with Crippen molar-refractivity contribution in [3.05, 3.63) is 29.3 Å². The van der Waals surface area contributed by atoms with E-state index in [2.05, 4.69) is 42.3 Å². The van der Waals surface area contributed by atoms with E-state index in [0.717, 1.165) is 19.4 Å². The molecular formula is C14H18N2O. The second kappa shape index (κ2) is 3.76. The molecule has 3 rings (SSSR count). The normalized spacial score (nSPS) is 26.5. The highest BCUT2D eigenvalue weighted by Gasteiger charge is 2.40. The lowest BCUT2D eigenvalue weighted by molar-refractivity contribution is -0.123. The maximum Gasteiger partial charge on any atom is 0.243 e. The van der Waals surface area contributed by atoms with Gasteiger partial charge in [0.1, 0.15) is 6.04 Å². The number of aryl methyl sites for hydroxylation is 1. The summed E-state index contributed by atoms with van der Waals surface area (Å²) in [7, 11) is 0. The lowest BCUT2D eigenvalue weighted by Crippen LogP contribution is -2.58. The van der Waals surface area contributed by atoms with Crippen LogP contribution < -0.4 is 10.2 Å². The van der Waals surface area contributed by atoms with Crippen LogP contribution in [0.1, 0.15) is 25.0 Å². The molecular weight excluding hydrogens is 212 g/mol. The summed E-state index contributed by atoms with van der Waals surface area (Å²) in [4.78, 5) is 14.3. The largest absolute Gasteiger partial charge is 0.354 e. The second-order valence-electron chi connectivity index (χ2n) is 5.00. The summed E-state index contributed by atoms with van der Waals surface area (Å²) in [6, 6.07) is 6.86. The molecule has 2 aliphatic rings. The van der Waals surface area contributed by atoms with Crippen LogP contribution in [0.3, 0.4) is 0 Å². The third kappa shape index (κ3) is 1.45. The van der Waals surface area contributed by atoms with Crippen LogP contribution in [0.25, 0.3) is 0 Å². The van der Waals surface area contributed by atoms with Gasteiger partial charge in [-0.15, -0.1) is 0 Å². The molecule has 0 saturated carbocycles. The first-order valence-corrected chi connectivity index (χ1v) is 6.39. The molecule has 1 amide bonds. The topological polar surface area (TPSA) is 32.3 Å². The van der Waals surface area contributed by atoms with Gasteiger partial charge in [0.15, 0.2) is 0 Å². The Balaban J connectivity index is 2.11. The predicted octanol–water partition coefficient (Wildman–Crippen LogP) is 1.50. The summed E-state index contributed by atoms with van der Waals surface area (Å²) in [5.41, 5.74) is 4.02. The number of carbonyl (C=O) groups excluding carboxylic acids is 1. The van der Waals surface area contributed by atoms with Crippen molar-refractivity contribution in [2.45, 2.75) is 38.8 Å². The molecule has 1 aromatic rings. The van der Waals surface area contributed by atoms with E-state index < -0.39 is 0 Å². The predicted molar refractivity (Wildman–Crippen MR) is 68.3 cm³/mol. The van der Waals surface area contributed by atoms with Crippen molar-refractivity contribution in [2.75, 3.05) is 11.4 Å². The molecule has 1 saturated heterocycles. The summed E-state index contributed by atoms with van der Waals surface area (Å²) in [5, 5.41) is 2.99. The van der Waals surface area contributed by atoms with Gasteiger partial charge in [0, 0.05) is 24.7 Å². The summed E-state index contributed by atoms with van der Waals surface area (Å²) in [5.74, 6) is 0.182. The van der Waals surface area contributed by atoms with Crippen molar-refractivity contribution in [3.63, 3.8) is 0 Å². The quantitative estimate of drug-likeness (QED) is 0.793. The zero-order valence-corrected chi connectivity index (χ0v) is 10.4. The molecule has 90 valence electrons. The Labute approximate surface area is 102 Å². The lowest BCUT2D eigenvalue weighted by Gasteiger charge is -2.38. The number of carbonyl (C=O) groups is 1. The van der Waals surface area contributed by atoms with E-state index in [1.54, 1.807) is 0 Å². The highest BCUT2D eigenvalue weighted by Crippen LogP contribution is 2.38. The van der Waals surface area contributed by atoms with Crippen molar-refractivity contribution in [1.82, 2.24) is 5.32 Å². The number of benzene rings is 1. The van der Waals surface area contributed by atoms with Gasteiger partial charge in [0.05, 0.1) is 0 Å². The van der Waals surface area contributed by atoms with Crippen LogP contribution in [0.15, 0.2) is 18.2 Å². The molecule has 17 heavy (non-hydrogen) atoms. The number of fused-ring (bicyclic) bond motifs is 3. The molecule has 0 spiro atoms. The Morgan fingerprint density at radius 2 is 2.29 bits per heavy atom. The fraction of sp³-hybridized carbons (Fsp3) is 0.500. The first kappa shape index (κ1) is 10.6. The van der Waals surface area contributed by atoms with Gasteiger partial charge in [-0.1, -0.05) is 25.1 Å². The number of anilines is 1. The van der Waals surface area contributed by atoms with Crippen molar-refractivity contribution in [2.24, 2.45) is 0 Å². The maximum atomic E-state index is 11.9. The van der Waals surface area contributed by atoms with Crippen LogP contribution in [-0.2, 0) is 17.6 Å². The Morgan fingerprint density at radius 3 is 3.06 bits per heavy atom. The van der Waals surface area contributed by atoms with Crippen molar-refractivity contribution in [1.29, 1.82) is 0 Å². The molecule has 0 radical (unpaired) electrons. The van der Waals surface area contributed by atoms with E-state index >= 15 is 0 Å². The van der Waals surface area contributed by atoms with Gasteiger partial charge in [-0.05, 0) is 24.5 Å². The van der Waals surface area contributed by atoms with Gasteiger partial charge in [-0.25, -0.2) is 0 Å². The van der Waals surface area contributed by atoms with Gasteiger partial charge in [0.25, 0.3) is 0 Å². The standard InChI is InChI=1S/C14H18N2O/c1-3-10-5-4-6-11-7-12-14(17)15-8-9(2)16(12)13(10)11/h4-6,9,12H,3,7-8H2,1-2H3,(H,15,17)/t9-,12+/m1/s1. The summed E-state index contributed by atoms with van der Waals surface area (Å²) in [6.07, 6.45) is 1.89. The fourth-order valence-electron chi connectivity index (χ4n) is 3.10. The lowest BCUT2D eigenvalue weighted by atomic mass is 10.0. The van der Waals surface area contributed by atoms with Gasteiger partial charge in [-0.3, -0.25) is 4.79 Å². The van der Waals surface area contributed by atoms with Crippen molar-refractivity contribution < 1.29 is 4.79 Å². The Kier molecular flexibility index (Phi) is 2.35. The smallest absolute Gasteiger partial charge is 0.243 e. The fourth-order valence-corrected chi connectivity index (χ4v) is 3.10. The Morgan fingerprint density at radius 1 is 1.47 bits per heavy atom. The molecule has 1 fully saturated rings. The zero-order valence-electron chi connectivity index (χ0n) is 10.4. The Hall–Kier alpha value is -1.51. The SMILES string of the molecule is CCc1cccc2c1N1[C@H](C)CNC(=O)[C@@H]1C2. The van der Waals surface area contributed by atoms with E-state index in [9.17, 15) is 4.79 Å². The molecule has 2 heterocycles. The minimum absolute atomic E-state index is 0.0152. The molecule has 2 aliphatic heterocycles. The zero-order chi connectivity index (χ0) is 12.0. The minimum Gasteiger partial charge on any atom is -0.354 e. The number of nitrogens with one attached hydrogen (secondary N) is 1. The van der Waals surface area contributed by atoms with E-state index in [4.69, 9.17) is 0 Å². The third-order valence-electron chi connectivity index (χ3n) is 3.94. The molecule has 0 aromatic heterocycles. The molecule has 2 atom stereocenters. The molecule has 0 aliphatic carbocycles. The number of hydrogen-bond acceptors (Lipinski definition) is 2. The third-order valence-corrected chi connectivity index (χ3v) is 3.94. The molecule has 0 bridgehead atoms. The van der Waals surface area contributed by atoms with Gasteiger partial charge >= 0.3 is 0 Å². The van der Waals surface area contributed by atoms with Crippen LogP contribution in [0.2, 0.25) is 0 Å². The van der Waals surface area contributed by atoms with Gasteiger partial charge in [-0.2, -0.15) is 0 Å². The number of rotatable bonds is 1. The maximum absolute atomic E-state index is 11.9. The van der Waals surface area contributed by atoms with Crippen LogP contribution in [0.4, 0.5) is 5.69 Å². The average Bonchev–Trinajstić information content (AvgIpc) is 2.74. The van der Waals surface area contributed by atoms with E-state index in [0.29, 0.717) is 6.04 Å². The van der Waals surface area contributed by atoms with Gasteiger partial charge in [0.2, 0.25) is 5.91 Å². The van der Waals surface area contributed by atoms with E-state index in [1.807, 2.05) is 0 Å². The minimum atomic E-state index is 0.0152. The van der Waals surface area contributed by atoms with Crippen LogP contribution in [0, 0.1) is 0 Å². The molecule has 1 N–H and O–H groups in total. The van der Waals surface area contributed by atoms with Crippen molar-refractivity contribution >= 4 is 11.6 Å². The second-order valence-corrected chi connectivity index (χ2v) is 5.00. The molecule has 0 unspecified atom stereocenters. The number of nitrogens with zero attached hydrogens (tertiary/aromatic N) is 1.